The molecule has 0 radical (unpaired) electrons. The topological polar surface area (TPSA) is 49.7 Å². The Morgan fingerprint density at radius 2 is 1.73 bits per heavy atom. The molecule has 0 aliphatic carbocycles. The number of allylic oxidation sites excluding steroid dienone is 4. The zero-order valence-corrected chi connectivity index (χ0v) is 19.3. The zero-order chi connectivity index (χ0) is 23.7. The molecule has 4 nitrogen and oxygen atoms in total. The largest absolute Gasteiger partial charge is 0.349 e. The number of hydrogen-bond acceptors (Lipinski definition) is 4. The Kier molecular flexibility index (Phi) is 16.4. The average molecular weight is 447 g/mol. The van der Waals surface area contributed by atoms with Crippen molar-refractivity contribution >= 4 is 21.7 Å². The molecule has 2 unspecified atom stereocenters. The van der Waals surface area contributed by atoms with Gasteiger partial charge in [0, 0.05) is 37.3 Å². The third-order valence-corrected chi connectivity index (χ3v) is 4.83. The lowest BCUT2D eigenvalue weighted by molar-refractivity contribution is 0.408. The molecule has 0 fully saturated rings. The molecule has 8 heteroatoms. The summed E-state index contributed by atoms with van der Waals surface area (Å²) in [5.74, 6) is 0.0685. The van der Waals surface area contributed by atoms with E-state index in [0.29, 0.717) is 20.1 Å². The molecule has 0 bridgehead atoms. The van der Waals surface area contributed by atoms with Crippen LogP contribution in [0.25, 0.3) is 0 Å². The lowest BCUT2D eigenvalue weighted by atomic mass is 10.1. The highest BCUT2D eigenvalue weighted by molar-refractivity contribution is 7.90. The number of halogens is 3. The summed E-state index contributed by atoms with van der Waals surface area (Å²) in [7, 11) is -0.478. The van der Waals surface area contributed by atoms with Crippen molar-refractivity contribution in [3.05, 3.63) is 61.0 Å². The number of alkyl halides is 3. The van der Waals surface area contributed by atoms with Crippen LogP contribution in [0.5, 0.6) is 0 Å². The van der Waals surface area contributed by atoms with Gasteiger partial charge >= 0.3 is 0 Å². The third kappa shape index (κ3) is 11.6. The molecule has 0 aromatic heterocycles. The molecular weight excluding hydrogens is 413 g/mol. The van der Waals surface area contributed by atoms with Crippen molar-refractivity contribution in [1.82, 2.24) is 0 Å². The predicted octanol–water partition coefficient (Wildman–Crippen LogP) is 5.74. The Morgan fingerprint density at radius 3 is 2.13 bits per heavy atom. The van der Waals surface area contributed by atoms with Gasteiger partial charge in [0.15, 0.2) is 9.84 Å². The molecule has 0 saturated heterocycles. The minimum Gasteiger partial charge on any atom is -0.349 e. The number of rotatable bonds is 9. The smallest absolute Gasteiger partial charge is 0.175 e. The van der Waals surface area contributed by atoms with Crippen LogP contribution in [0.2, 0.25) is 0 Å². The molecule has 30 heavy (non-hydrogen) atoms. The third-order valence-electron chi connectivity index (χ3n) is 3.70. The number of benzene rings is 1. The number of aliphatic imine (C=N–C) groups is 1. The molecule has 0 saturated carbocycles. The van der Waals surface area contributed by atoms with Gasteiger partial charge in [0.05, 0.1) is 24.9 Å². The van der Waals surface area contributed by atoms with Crippen molar-refractivity contribution in [2.45, 2.75) is 31.3 Å². The van der Waals surface area contributed by atoms with E-state index < -0.39 is 16.0 Å². The minimum absolute atomic E-state index is 0.0685. The normalized spacial score (nSPS) is 13.7. The molecule has 170 valence electrons. The van der Waals surface area contributed by atoms with E-state index in [-0.39, 0.29) is 10.8 Å². The lowest BCUT2D eigenvalue weighted by Gasteiger charge is -2.17. The first kappa shape index (κ1) is 29.8. The van der Waals surface area contributed by atoms with Gasteiger partial charge in [-0.1, -0.05) is 18.2 Å². The fourth-order valence-corrected chi connectivity index (χ4v) is 2.88. The Hall–Kier alpha value is -2.35. The molecule has 0 aliphatic rings. The second-order valence-corrected chi connectivity index (χ2v) is 8.05. The summed E-state index contributed by atoms with van der Waals surface area (Å²) < 4.78 is 56.0. The Labute approximate surface area is 179 Å². The van der Waals surface area contributed by atoms with Gasteiger partial charge in [-0.25, -0.2) is 12.8 Å². The maximum atomic E-state index is 14.0. The van der Waals surface area contributed by atoms with Crippen molar-refractivity contribution < 1.29 is 21.6 Å². The van der Waals surface area contributed by atoms with Gasteiger partial charge in [-0.3, -0.25) is 13.8 Å². The van der Waals surface area contributed by atoms with Gasteiger partial charge in [-0.05, 0) is 44.5 Å². The van der Waals surface area contributed by atoms with Crippen LogP contribution in [0.1, 0.15) is 20.3 Å². The van der Waals surface area contributed by atoms with Crippen LogP contribution >= 0.6 is 0 Å². The molecular formula is C22H33F3N2O2S. The molecule has 0 amide bonds. The van der Waals surface area contributed by atoms with Gasteiger partial charge in [0.1, 0.15) is 6.17 Å². The van der Waals surface area contributed by atoms with Crippen LogP contribution in [0.3, 0.4) is 0 Å². The van der Waals surface area contributed by atoms with E-state index in [9.17, 15) is 21.6 Å². The molecule has 2 atom stereocenters. The van der Waals surface area contributed by atoms with Crippen LogP contribution in [-0.4, -0.2) is 48.5 Å². The van der Waals surface area contributed by atoms with Crippen molar-refractivity contribution in [3.63, 3.8) is 0 Å². The highest BCUT2D eigenvalue weighted by atomic mass is 32.2. The van der Waals surface area contributed by atoms with Crippen molar-refractivity contribution in [3.8, 4) is 0 Å². The fraction of sp³-hybridized carbons (Fsp3) is 0.409. The molecule has 0 aliphatic heterocycles. The number of anilines is 1. The first-order valence-electron chi connectivity index (χ1n) is 9.11. The second-order valence-electron chi connectivity index (χ2n) is 6.04. The Bertz CT molecular complexity index is 787. The molecule has 0 spiro atoms. The van der Waals surface area contributed by atoms with Crippen LogP contribution in [0.4, 0.5) is 18.9 Å². The Morgan fingerprint density at radius 1 is 1.20 bits per heavy atom. The van der Waals surface area contributed by atoms with Gasteiger partial charge in [-0.15, -0.1) is 6.58 Å². The monoisotopic (exact) mass is 446 g/mol. The summed E-state index contributed by atoms with van der Waals surface area (Å²) in [6, 6.07) is 6.42. The number of sulfone groups is 1. The lowest BCUT2D eigenvalue weighted by Crippen LogP contribution is -2.12. The van der Waals surface area contributed by atoms with Crippen molar-refractivity contribution in [2.75, 3.05) is 32.6 Å². The molecule has 0 heterocycles. The fourth-order valence-electron chi connectivity index (χ4n) is 2.25. The summed E-state index contributed by atoms with van der Waals surface area (Å²) in [6.45, 7) is 7.08. The minimum atomic E-state index is -3.24. The first-order chi connectivity index (χ1) is 14.2. The summed E-state index contributed by atoms with van der Waals surface area (Å²) in [5.41, 5.74) is 1.03. The number of nitrogens with zero attached hydrogens (tertiary/aromatic N) is 2. The predicted molar refractivity (Wildman–Crippen MR) is 122 cm³/mol. The zero-order valence-electron chi connectivity index (χ0n) is 18.5. The molecule has 0 N–H and O–H groups in total. The van der Waals surface area contributed by atoms with E-state index in [1.807, 2.05) is 19.1 Å². The highest BCUT2D eigenvalue weighted by Gasteiger charge is 2.10. The van der Waals surface area contributed by atoms with Gasteiger partial charge in [0.2, 0.25) is 0 Å². The van der Waals surface area contributed by atoms with Gasteiger partial charge < -0.3 is 4.90 Å². The van der Waals surface area contributed by atoms with Crippen LogP contribution in [0, 0.1) is 5.92 Å². The van der Waals surface area contributed by atoms with E-state index >= 15 is 0 Å². The quantitative estimate of drug-likeness (QED) is 0.359. The maximum absolute atomic E-state index is 14.0. The van der Waals surface area contributed by atoms with Crippen molar-refractivity contribution in [1.29, 1.82) is 0 Å². The standard InChI is InChI=1S/C20H27FN2O2S.2CH3F/c1-6-8-17(9-7-2)14-22-20(16(3)21)15-23(4)18-10-12-19(13-11-18)26(5,24)25;2*1-2/h6-7,9-17H,1,8H2,2-5H3;2*1H3/b9-7-,20-15-,22-14?;;. The average Bonchev–Trinajstić information content (AvgIpc) is 2.73. The SMILES string of the molecule is C=CCC(C=N/C(=C\N(C)c1ccc(S(C)(=O)=O)cc1)C(C)F)/C=C\C.CF.CF. The summed E-state index contributed by atoms with van der Waals surface area (Å²) >= 11 is 0. The van der Waals surface area contributed by atoms with E-state index in [4.69, 9.17) is 0 Å². The molecule has 1 rings (SSSR count). The van der Waals surface area contributed by atoms with Crippen LogP contribution < -0.4 is 4.90 Å². The van der Waals surface area contributed by atoms with Gasteiger partial charge in [0.25, 0.3) is 0 Å². The van der Waals surface area contributed by atoms with E-state index in [1.54, 1.807) is 42.6 Å². The van der Waals surface area contributed by atoms with E-state index in [0.717, 1.165) is 18.4 Å². The van der Waals surface area contributed by atoms with Crippen LogP contribution in [-0.2, 0) is 9.84 Å². The number of hydrogen-bond donors (Lipinski definition) is 0. The van der Waals surface area contributed by atoms with E-state index in [2.05, 4.69) is 11.6 Å². The van der Waals surface area contributed by atoms with Gasteiger partial charge in [-0.2, -0.15) is 0 Å². The first-order valence-corrected chi connectivity index (χ1v) is 11.0. The maximum Gasteiger partial charge on any atom is 0.175 e. The van der Waals surface area contributed by atoms with E-state index in [1.165, 1.54) is 19.1 Å². The van der Waals surface area contributed by atoms with Crippen LogP contribution in [0.15, 0.2) is 70.9 Å². The summed E-state index contributed by atoms with van der Waals surface area (Å²) in [5, 5.41) is 0. The molecule has 1 aromatic rings. The Balaban J connectivity index is 0. The second kappa shape index (κ2) is 16.4. The van der Waals surface area contributed by atoms with Crippen molar-refractivity contribution in [2.24, 2.45) is 10.9 Å². The summed E-state index contributed by atoms with van der Waals surface area (Å²) in [4.78, 5) is 6.27. The molecule has 1 aromatic carbocycles. The summed E-state index contributed by atoms with van der Waals surface area (Å²) in [6.07, 6.45) is 9.68. The highest BCUT2D eigenvalue weighted by Crippen LogP contribution is 2.19.